The topological polar surface area (TPSA) is 60.1 Å². The second-order valence-electron chi connectivity index (χ2n) is 4.90. The maximum Gasteiger partial charge on any atom is 0.287 e. The number of nitrogens with one attached hydrogen (secondary N) is 1. The van der Waals surface area contributed by atoms with E-state index in [0.29, 0.717) is 17.9 Å². The van der Waals surface area contributed by atoms with Crippen LogP contribution in [-0.2, 0) is 13.6 Å². The normalized spacial score (nSPS) is 11.0. The van der Waals surface area contributed by atoms with E-state index in [-0.39, 0.29) is 5.91 Å². The van der Waals surface area contributed by atoms with E-state index in [4.69, 9.17) is 4.42 Å². The number of hydrogen-bond acceptors (Lipinski definition) is 3. The van der Waals surface area contributed by atoms with Gasteiger partial charge in [0, 0.05) is 40.8 Å². The summed E-state index contributed by atoms with van der Waals surface area (Å²) < 4.78 is 8.31. The summed E-state index contributed by atoms with van der Waals surface area (Å²) >= 11 is 3.43. The minimum absolute atomic E-state index is 0.219. The molecule has 0 bridgehead atoms. The van der Waals surface area contributed by atoms with E-state index in [1.165, 1.54) is 0 Å². The first-order valence-electron chi connectivity index (χ1n) is 6.49. The van der Waals surface area contributed by atoms with Crippen molar-refractivity contribution in [1.82, 2.24) is 15.1 Å². The molecule has 1 N–H and O–H groups in total. The fraction of sp³-hybridized carbons (Fsp3) is 0.200. The lowest BCUT2D eigenvalue weighted by Gasteiger charge is -2.01. The molecule has 0 saturated heterocycles. The number of fused-ring (bicyclic) bond motifs is 1. The van der Waals surface area contributed by atoms with Gasteiger partial charge in [-0.1, -0.05) is 15.9 Å². The predicted molar refractivity (Wildman–Crippen MR) is 83.0 cm³/mol. The van der Waals surface area contributed by atoms with Gasteiger partial charge in [0.15, 0.2) is 5.76 Å². The summed E-state index contributed by atoms with van der Waals surface area (Å²) in [5, 5.41) is 7.85. The summed E-state index contributed by atoms with van der Waals surface area (Å²) in [6.07, 6.45) is 3.59. The van der Waals surface area contributed by atoms with Gasteiger partial charge in [-0.15, -0.1) is 0 Å². The van der Waals surface area contributed by atoms with Crippen molar-refractivity contribution in [2.45, 2.75) is 13.5 Å². The van der Waals surface area contributed by atoms with Gasteiger partial charge in [-0.2, -0.15) is 5.10 Å². The molecule has 6 heteroatoms. The van der Waals surface area contributed by atoms with Crippen LogP contribution in [0.15, 0.2) is 39.5 Å². The number of benzene rings is 1. The zero-order valence-corrected chi connectivity index (χ0v) is 13.3. The van der Waals surface area contributed by atoms with E-state index in [1.807, 2.05) is 38.4 Å². The maximum atomic E-state index is 12.3. The molecule has 0 aliphatic rings. The fourth-order valence-electron chi connectivity index (χ4n) is 2.24. The molecule has 3 aromatic rings. The Morgan fingerprint density at radius 3 is 3.00 bits per heavy atom. The number of amides is 1. The van der Waals surface area contributed by atoms with Crippen LogP contribution in [0.3, 0.4) is 0 Å². The molecule has 0 spiro atoms. The molecule has 108 valence electrons. The first-order valence-corrected chi connectivity index (χ1v) is 7.28. The second-order valence-corrected chi connectivity index (χ2v) is 5.82. The quantitative estimate of drug-likeness (QED) is 0.791. The molecule has 21 heavy (non-hydrogen) atoms. The number of nitrogens with zero attached hydrogens (tertiary/aromatic N) is 2. The van der Waals surface area contributed by atoms with Gasteiger partial charge in [0.2, 0.25) is 0 Å². The van der Waals surface area contributed by atoms with Crippen LogP contribution in [0, 0.1) is 6.92 Å². The molecular formula is C15H14BrN3O2. The summed E-state index contributed by atoms with van der Waals surface area (Å²) in [4.78, 5) is 12.3. The van der Waals surface area contributed by atoms with E-state index in [0.717, 1.165) is 21.0 Å². The lowest BCUT2D eigenvalue weighted by atomic mass is 10.1. The molecular weight excluding hydrogens is 334 g/mol. The number of carbonyl (C=O) groups excluding carboxylic acids is 1. The molecule has 0 fully saturated rings. The highest BCUT2D eigenvalue weighted by molar-refractivity contribution is 9.10. The largest absolute Gasteiger partial charge is 0.451 e. The summed E-state index contributed by atoms with van der Waals surface area (Å²) in [6.45, 7) is 2.31. The lowest BCUT2D eigenvalue weighted by molar-refractivity contribution is 0.0924. The van der Waals surface area contributed by atoms with E-state index >= 15 is 0 Å². The van der Waals surface area contributed by atoms with Crippen molar-refractivity contribution in [2.75, 3.05) is 0 Å². The predicted octanol–water partition coefficient (Wildman–Crippen LogP) is 3.17. The van der Waals surface area contributed by atoms with Crippen LogP contribution in [0.4, 0.5) is 0 Å². The van der Waals surface area contributed by atoms with Crippen LogP contribution in [-0.4, -0.2) is 15.7 Å². The Labute approximate surface area is 130 Å². The third-order valence-corrected chi connectivity index (χ3v) is 3.81. The van der Waals surface area contributed by atoms with Crippen molar-refractivity contribution in [1.29, 1.82) is 0 Å². The SMILES string of the molecule is Cc1c(C(=O)NCc2cnn(C)c2)oc2ccc(Br)cc12. The molecule has 1 amide bonds. The van der Waals surface area contributed by atoms with Gasteiger partial charge in [-0.05, 0) is 25.1 Å². The Morgan fingerprint density at radius 1 is 1.48 bits per heavy atom. The maximum absolute atomic E-state index is 12.3. The van der Waals surface area contributed by atoms with Crippen LogP contribution in [0.5, 0.6) is 0 Å². The van der Waals surface area contributed by atoms with Gasteiger partial charge in [0.25, 0.3) is 5.91 Å². The van der Waals surface area contributed by atoms with Crippen LogP contribution >= 0.6 is 15.9 Å². The number of furan rings is 1. The van der Waals surface area contributed by atoms with Gasteiger partial charge in [-0.3, -0.25) is 9.48 Å². The molecule has 0 radical (unpaired) electrons. The summed E-state index contributed by atoms with van der Waals surface area (Å²) in [5.41, 5.74) is 2.50. The summed E-state index contributed by atoms with van der Waals surface area (Å²) in [5.74, 6) is 0.135. The zero-order valence-electron chi connectivity index (χ0n) is 11.7. The van der Waals surface area contributed by atoms with Crippen molar-refractivity contribution in [3.8, 4) is 0 Å². The molecule has 1 aromatic carbocycles. The minimum Gasteiger partial charge on any atom is -0.451 e. The second kappa shape index (κ2) is 5.37. The Morgan fingerprint density at radius 2 is 2.29 bits per heavy atom. The van der Waals surface area contributed by atoms with E-state index in [9.17, 15) is 4.79 Å². The Balaban J connectivity index is 1.82. The van der Waals surface area contributed by atoms with Crippen molar-refractivity contribution >= 4 is 32.8 Å². The van der Waals surface area contributed by atoms with Crippen molar-refractivity contribution in [3.63, 3.8) is 0 Å². The van der Waals surface area contributed by atoms with Crippen LogP contribution < -0.4 is 5.32 Å². The highest BCUT2D eigenvalue weighted by Gasteiger charge is 2.17. The molecule has 5 nitrogen and oxygen atoms in total. The van der Waals surface area contributed by atoms with Gasteiger partial charge in [0.05, 0.1) is 6.20 Å². The Hall–Kier alpha value is -2.08. The number of rotatable bonds is 3. The molecule has 2 aromatic heterocycles. The lowest BCUT2D eigenvalue weighted by Crippen LogP contribution is -2.22. The van der Waals surface area contributed by atoms with Crippen LogP contribution in [0.2, 0.25) is 0 Å². The average Bonchev–Trinajstić information content (AvgIpc) is 3.01. The third-order valence-electron chi connectivity index (χ3n) is 3.32. The highest BCUT2D eigenvalue weighted by atomic mass is 79.9. The van der Waals surface area contributed by atoms with Gasteiger partial charge >= 0.3 is 0 Å². The van der Waals surface area contributed by atoms with Crippen molar-refractivity contribution in [2.24, 2.45) is 7.05 Å². The highest BCUT2D eigenvalue weighted by Crippen LogP contribution is 2.28. The summed E-state index contributed by atoms with van der Waals surface area (Å²) in [7, 11) is 1.84. The van der Waals surface area contributed by atoms with E-state index in [2.05, 4.69) is 26.3 Å². The van der Waals surface area contributed by atoms with Gasteiger partial charge < -0.3 is 9.73 Å². The van der Waals surface area contributed by atoms with E-state index < -0.39 is 0 Å². The smallest absolute Gasteiger partial charge is 0.287 e. The number of aromatic nitrogens is 2. The molecule has 0 saturated carbocycles. The van der Waals surface area contributed by atoms with Crippen LogP contribution in [0.25, 0.3) is 11.0 Å². The third kappa shape index (κ3) is 2.71. The summed E-state index contributed by atoms with van der Waals surface area (Å²) in [6, 6.07) is 5.69. The fourth-order valence-corrected chi connectivity index (χ4v) is 2.60. The molecule has 0 aliphatic carbocycles. The van der Waals surface area contributed by atoms with Gasteiger partial charge in [-0.25, -0.2) is 0 Å². The van der Waals surface area contributed by atoms with Crippen molar-refractivity contribution in [3.05, 3.63) is 52.0 Å². The zero-order chi connectivity index (χ0) is 15.0. The number of hydrogen-bond donors (Lipinski definition) is 1. The Kier molecular flexibility index (Phi) is 3.55. The molecule has 0 unspecified atom stereocenters. The monoisotopic (exact) mass is 347 g/mol. The number of aryl methyl sites for hydroxylation is 2. The first-order chi connectivity index (χ1) is 10.0. The molecule has 0 aliphatic heterocycles. The standard InChI is InChI=1S/C15H14BrN3O2/c1-9-12-5-11(16)3-4-13(12)21-14(9)15(20)17-6-10-7-18-19(2)8-10/h3-5,7-8H,6H2,1-2H3,(H,17,20). The average molecular weight is 348 g/mol. The van der Waals surface area contributed by atoms with Gasteiger partial charge in [0.1, 0.15) is 5.58 Å². The van der Waals surface area contributed by atoms with E-state index in [1.54, 1.807) is 10.9 Å². The Bertz CT molecular complexity index is 820. The minimum atomic E-state index is -0.219. The number of halogens is 1. The number of carbonyl (C=O) groups is 1. The van der Waals surface area contributed by atoms with Crippen LogP contribution in [0.1, 0.15) is 21.7 Å². The molecule has 2 heterocycles. The molecule has 0 atom stereocenters. The molecule has 3 rings (SSSR count). The first kappa shape index (κ1) is 13.9. The van der Waals surface area contributed by atoms with Crippen molar-refractivity contribution < 1.29 is 9.21 Å².